The molecule has 0 unspecified atom stereocenters. The highest BCUT2D eigenvalue weighted by atomic mass is 35.5. The Morgan fingerprint density at radius 3 is 2.45 bits per heavy atom. The number of hydrogen-bond donors (Lipinski definition) is 0. The molecule has 1 aromatic carbocycles. The Hall–Kier alpha value is -0.460. The molecule has 0 aliphatic carbocycles. The molecule has 0 atom stereocenters. The molecule has 0 amide bonds. The van der Waals surface area contributed by atoms with E-state index in [0.717, 1.165) is 5.56 Å². The van der Waals surface area contributed by atoms with Crippen molar-refractivity contribution < 1.29 is 0 Å². The van der Waals surface area contributed by atoms with Gasteiger partial charge in [0.05, 0.1) is 10.0 Å². The molecule has 0 radical (unpaired) electrons. The molecule has 58 valence electrons. The molecular weight excluding hydrogens is 179 g/mol. The number of halogens is 2. The van der Waals surface area contributed by atoms with E-state index in [1.807, 2.05) is 31.2 Å². The highest BCUT2D eigenvalue weighted by Gasteiger charge is 1.95. The smallest absolute Gasteiger partial charge is 0.0598 e. The van der Waals surface area contributed by atoms with E-state index in [2.05, 4.69) is 0 Å². The van der Waals surface area contributed by atoms with Gasteiger partial charge in [-0.15, -0.1) is 0 Å². The van der Waals surface area contributed by atoms with Gasteiger partial charge in [-0.25, -0.2) is 0 Å². The summed E-state index contributed by atoms with van der Waals surface area (Å²) in [6, 6.07) is 5.55. The van der Waals surface area contributed by atoms with Crippen molar-refractivity contribution in [3.8, 4) is 0 Å². The lowest BCUT2D eigenvalue weighted by molar-refractivity contribution is 1.64. The molecule has 2 heteroatoms. The third-order valence-corrected chi connectivity index (χ3v) is 2.04. The van der Waals surface area contributed by atoms with Gasteiger partial charge in [0.1, 0.15) is 0 Å². The first-order valence-corrected chi connectivity index (χ1v) is 4.07. The molecule has 1 aromatic rings. The van der Waals surface area contributed by atoms with Crippen molar-refractivity contribution in [3.63, 3.8) is 0 Å². The van der Waals surface area contributed by atoms with Crippen LogP contribution in [-0.4, -0.2) is 0 Å². The van der Waals surface area contributed by atoms with Crippen molar-refractivity contribution in [3.05, 3.63) is 39.9 Å². The van der Waals surface area contributed by atoms with E-state index in [1.165, 1.54) is 0 Å². The quantitative estimate of drug-likeness (QED) is 0.622. The van der Waals surface area contributed by atoms with E-state index in [9.17, 15) is 0 Å². The Bertz CT molecular complexity index is 277. The normalized spacial score (nSPS) is 10.8. The largest absolute Gasteiger partial charge is 0.0871 e. The summed E-state index contributed by atoms with van der Waals surface area (Å²) in [6.45, 7) is 1.96. The predicted molar refractivity (Wildman–Crippen MR) is 51.2 cm³/mol. The number of benzene rings is 1. The zero-order chi connectivity index (χ0) is 8.27. The Kier molecular flexibility index (Phi) is 2.98. The summed E-state index contributed by atoms with van der Waals surface area (Å²) in [5, 5.41) is 1.20. The van der Waals surface area contributed by atoms with Gasteiger partial charge in [-0.3, -0.25) is 0 Å². The first kappa shape index (κ1) is 8.63. The fourth-order valence-corrected chi connectivity index (χ4v) is 1.12. The summed E-state index contributed by atoms with van der Waals surface area (Å²) in [7, 11) is 0. The van der Waals surface area contributed by atoms with Gasteiger partial charge in [0, 0.05) is 0 Å². The second-order valence-corrected chi connectivity index (χ2v) is 2.99. The summed E-state index contributed by atoms with van der Waals surface area (Å²) in [6.07, 6.45) is 3.93. The van der Waals surface area contributed by atoms with Crippen molar-refractivity contribution >= 4 is 29.3 Å². The van der Waals surface area contributed by atoms with Crippen LogP contribution in [0.25, 0.3) is 6.08 Å². The van der Waals surface area contributed by atoms with Crippen molar-refractivity contribution in [1.82, 2.24) is 0 Å². The summed E-state index contributed by atoms with van der Waals surface area (Å²) >= 11 is 11.5. The van der Waals surface area contributed by atoms with Gasteiger partial charge < -0.3 is 0 Å². The van der Waals surface area contributed by atoms with Crippen molar-refractivity contribution in [2.24, 2.45) is 0 Å². The molecule has 0 nitrogen and oxygen atoms in total. The average Bonchev–Trinajstić information content (AvgIpc) is 1.98. The lowest BCUT2D eigenvalue weighted by Crippen LogP contribution is -1.72. The van der Waals surface area contributed by atoms with Crippen LogP contribution in [0.2, 0.25) is 10.0 Å². The highest BCUT2D eigenvalue weighted by Crippen LogP contribution is 2.22. The molecule has 1 rings (SSSR count). The number of hydrogen-bond acceptors (Lipinski definition) is 0. The maximum atomic E-state index is 5.78. The molecule has 0 heterocycles. The van der Waals surface area contributed by atoms with E-state index in [0.29, 0.717) is 10.0 Å². The zero-order valence-corrected chi connectivity index (χ0v) is 7.65. The topological polar surface area (TPSA) is 0 Å². The van der Waals surface area contributed by atoms with Gasteiger partial charge in [-0.05, 0) is 24.6 Å². The highest BCUT2D eigenvalue weighted by molar-refractivity contribution is 6.42. The SMILES string of the molecule is C/C=C/c1ccc(Cl)c(Cl)c1. The van der Waals surface area contributed by atoms with Gasteiger partial charge in [-0.1, -0.05) is 41.4 Å². The third kappa shape index (κ3) is 2.25. The molecule has 0 spiro atoms. The third-order valence-electron chi connectivity index (χ3n) is 1.30. The first-order valence-electron chi connectivity index (χ1n) is 3.32. The summed E-state index contributed by atoms with van der Waals surface area (Å²) in [4.78, 5) is 0. The number of rotatable bonds is 1. The Morgan fingerprint density at radius 2 is 1.91 bits per heavy atom. The van der Waals surface area contributed by atoms with E-state index in [1.54, 1.807) is 6.07 Å². The van der Waals surface area contributed by atoms with Crippen molar-refractivity contribution in [2.45, 2.75) is 6.92 Å². The molecule has 0 fully saturated rings. The summed E-state index contributed by atoms with van der Waals surface area (Å²) < 4.78 is 0. The summed E-state index contributed by atoms with van der Waals surface area (Å²) in [5.41, 5.74) is 1.07. The monoisotopic (exact) mass is 186 g/mol. The average molecular weight is 187 g/mol. The molecule has 0 saturated carbocycles. The summed E-state index contributed by atoms with van der Waals surface area (Å²) in [5.74, 6) is 0. The van der Waals surface area contributed by atoms with Gasteiger partial charge >= 0.3 is 0 Å². The Labute approximate surface area is 76.4 Å². The molecular formula is C9H8Cl2. The first-order chi connectivity index (χ1) is 5.24. The lowest BCUT2D eigenvalue weighted by atomic mass is 10.2. The van der Waals surface area contributed by atoms with Gasteiger partial charge in [0.25, 0.3) is 0 Å². The Morgan fingerprint density at radius 1 is 1.18 bits per heavy atom. The minimum atomic E-state index is 0.597. The predicted octanol–water partition coefficient (Wildman–Crippen LogP) is 4.03. The van der Waals surface area contributed by atoms with Crippen LogP contribution >= 0.6 is 23.2 Å². The molecule has 0 aromatic heterocycles. The zero-order valence-electron chi connectivity index (χ0n) is 6.14. The minimum absolute atomic E-state index is 0.597. The fourth-order valence-electron chi connectivity index (χ4n) is 0.809. The minimum Gasteiger partial charge on any atom is -0.0871 e. The van der Waals surface area contributed by atoms with Crippen LogP contribution < -0.4 is 0 Å². The molecule has 0 N–H and O–H groups in total. The van der Waals surface area contributed by atoms with Crippen LogP contribution in [0.1, 0.15) is 12.5 Å². The van der Waals surface area contributed by atoms with Crippen molar-refractivity contribution in [1.29, 1.82) is 0 Å². The van der Waals surface area contributed by atoms with Gasteiger partial charge in [-0.2, -0.15) is 0 Å². The Balaban J connectivity index is 3.05. The lowest BCUT2D eigenvalue weighted by Gasteiger charge is -1.96. The standard InChI is InChI=1S/C9H8Cl2/c1-2-3-7-4-5-8(10)9(11)6-7/h2-6H,1H3/b3-2+. The maximum absolute atomic E-state index is 5.78. The molecule has 11 heavy (non-hydrogen) atoms. The van der Waals surface area contributed by atoms with Crippen LogP contribution in [0.3, 0.4) is 0 Å². The van der Waals surface area contributed by atoms with E-state index in [-0.39, 0.29) is 0 Å². The fraction of sp³-hybridized carbons (Fsp3) is 0.111. The van der Waals surface area contributed by atoms with Crippen LogP contribution in [0, 0.1) is 0 Å². The molecule has 0 saturated heterocycles. The molecule has 0 aliphatic heterocycles. The van der Waals surface area contributed by atoms with Crippen LogP contribution in [0.4, 0.5) is 0 Å². The van der Waals surface area contributed by atoms with Gasteiger partial charge in [0.2, 0.25) is 0 Å². The second-order valence-electron chi connectivity index (χ2n) is 2.17. The van der Waals surface area contributed by atoms with Crippen molar-refractivity contribution in [2.75, 3.05) is 0 Å². The molecule has 0 bridgehead atoms. The second kappa shape index (κ2) is 3.80. The van der Waals surface area contributed by atoms with Gasteiger partial charge in [0.15, 0.2) is 0 Å². The van der Waals surface area contributed by atoms with E-state index < -0.39 is 0 Å². The van der Waals surface area contributed by atoms with E-state index in [4.69, 9.17) is 23.2 Å². The van der Waals surface area contributed by atoms with Crippen LogP contribution in [0.15, 0.2) is 24.3 Å². The van der Waals surface area contributed by atoms with E-state index >= 15 is 0 Å². The number of allylic oxidation sites excluding steroid dienone is 1. The maximum Gasteiger partial charge on any atom is 0.0598 e. The van der Waals surface area contributed by atoms with Crippen LogP contribution in [0.5, 0.6) is 0 Å². The molecule has 0 aliphatic rings. The van der Waals surface area contributed by atoms with Crippen LogP contribution in [-0.2, 0) is 0 Å².